The van der Waals surface area contributed by atoms with Gasteiger partial charge in [-0.1, -0.05) is 53.2 Å². The fourth-order valence-electron chi connectivity index (χ4n) is 2.90. The van der Waals surface area contributed by atoms with Gasteiger partial charge in [-0.3, -0.25) is 0 Å². The van der Waals surface area contributed by atoms with Crippen molar-refractivity contribution in [3.05, 3.63) is 68.7 Å². The van der Waals surface area contributed by atoms with Crippen molar-refractivity contribution in [2.24, 2.45) is 0 Å². The van der Waals surface area contributed by atoms with Crippen LogP contribution in [-0.2, 0) is 0 Å². The smallest absolute Gasteiger partial charge is 0.0181 e. The predicted octanol–water partition coefficient (Wildman–Crippen LogP) is 5.72. The molecule has 1 aliphatic carbocycles. The quantitative estimate of drug-likeness (QED) is 0.631. The number of benzene rings is 2. The molecule has 1 heteroatoms. The van der Waals surface area contributed by atoms with Gasteiger partial charge in [-0.15, -0.1) is 0 Å². The maximum Gasteiger partial charge on any atom is 0.0181 e. The van der Waals surface area contributed by atoms with E-state index in [1.165, 1.54) is 33.4 Å². The molecule has 0 nitrogen and oxygen atoms in total. The topological polar surface area (TPSA) is 0 Å². The minimum absolute atomic E-state index is 0.476. The van der Waals surface area contributed by atoms with Crippen molar-refractivity contribution in [1.82, 2.24) is 0 Å². The molecule has 0 aliphatic heterocycles. The first-order valence-corrected chi connectivity index (χ1v) is 7.45. The third kappa shape index (κ3) is 2.06. The molecule has 0 amide bonds. The van der Waals surface area contributed by atoms with Crippen LogP contribution >= 0.6 is 15.9 Å². The number of hydrogen-bond donors (Lipinski definition) is 0. The van der Waals surface area contributed by atoms with Crippen LogP contribution in [0.5, 0.6) is 0 Å². The molecule has 3 rings (SSSR count). The molecule has 1 aliphatic rings. The Kier molecular flexibility index (Phi) is 3.10. The van der Waals surface area contributed by atoms with E-state index in [1.54, 1.807) is 0 Å². The summed E-state index contributed by atoms with van der Waals surface area (Å²) in [5.74, 6) is 0.476. The highest BCUT2D eigenvalue weighted by Gasteiger charge is 2.23. The molecular weight excluding hydrogens is 296 g/mol. The number of fused-ring (bicyclic) bond motifs is 1. The van der Waals surface area contributed by atoms with E-state index in [4.69, 9.17) is 0 Å². The van der Waals surface area contributed by atoms with E-state index in [-0.39, 0.29) is 0 Å². The van der Waals surface area contributed by atoms with Crippen LogP contribution in [0, 0.1) is 13.8 Å². The highest BCUT2D eigenvalue weighted by atomic mass is 79.9. The first-order valence-electron chi connectivity index (χ1n) is 6.65. The van der Waals surface area contributed by atoms with Gasteiger partial charge in [0.1, 0.15) is 0 Å². The van der Waals surface area contributed by atoms with Crippen molar-refractivity contribution in [3.8, 4) is 0 Å². The zero-order valence-electron chi connectivity index (χ0n) is 11.5. The van der Waals surface area contributed by atoms with Gasteiger partial charge in [-0.05, 0) is 59.4 Å². The molecule has 2 aromatic carbocycles. The second-order valence-corrected chi connectivity index (χ2v) is 6.26. The molecular formula is C18H17Br. The average Bonchev–Trinajstić information content (AvgIpc) is 2.69. The van der Waals surface area contributed by atoms with Crippen molar-refractivity contribution >= 4 is 27.6 Å². The summed E-state index contributed by atoms with van der Waals surface area (Å²) < 4.78 is 1.15. The summed E-state index contributed by atoms with van der Waals surface area (Å²) in [6.07, 6.45) is 2.34. The molecule has 0 saturated carbocycles. The molecule has 2 aromatic rings. The lowest BCUT2D eigenvalue weighted by Gasteiger charge is -2.15. The molecule has 19 heavy (non-hydrogen) atoms. The highest BCUT2D eigenvalue weighted by molar-refractivity contribution is 9.10. The summed E-state index contributed by atoms with van der Waals surface area (Å²) in [5, 5.41) is 0. The molecule has 0 heterocycles. The molecule has 0 spiro atoms. The van der Waals surface area contributed by atoms with Crippen LogP contribution in [0.15, 0.2) is 40.9 Å². The van der Waals surface area contributed by atoms with Crippen molar-refractivity contribution in [3.63, 3.8) is 0 Å². The number of allylic oxidation sites excluding steroid dienone is 1. The van der Waals surface area contributed by atoms with Crippen LogP contribution in [0.2, 0.25) is 0 Å². The summed E-state index contributed by atoms with van der Waals surface area (Å²) in [6.45, 7) is 6.70. The molecule has 0 saturated heterocycles. The summed E-state index contributed by atoms with van der Waals surface area (Å²) in [6, 6.07) is 13.2. The van der Waals surface area contributed by atoms with Crippen molar-refractivity contribution < 1.29 is 0 Å². The number of hydrogen-bond acceptors (Lipinski definition) is 0. The SMILES string of the molecule is Cc1cccc(C2=Cc3cc(Br)ccc3C2C)c1C. The largest absolute Gasteiger partial charge is 0.0614 e. The lowest BCUT2D eigenvalue weighted by Crippen LogP contribution is -1.96. The predicted molar refractivity (Wildman–Crippen MR) is 86.3 cm³/mol. The Morgan fingerprint density at radius 3 is 2.63 bits per heavy atom. The van der Waals surface area contributed by atoms with Gasteiger partial charge >= 0.3 is 0 Å². The van der Waals surface area contributed by atoms with E-state index < -0.39 is 0 Å². The summed E-state index contributed by atoms with van der Waals surface area (Å²) in [5.41, 5.74) is 8.36. The summed E-state index contributed by atoms with van der Waals surface area (Å²) >= 11 is 3.56. The Balaban J connectivity index is 2.14. The van der Waals surface area contributed by atoms with E-state index >= 15 is 0 Å². The number of aryl methyl sites for hydroxylation is 1. The molecule has 0 N–H and O–H groups in total. The second kappa shape index (κ2) is 4.64. The van der Waals surface area contributed by atoms with Gasteiger partial charge in [-0.2, -0.15) is 0 Å². The minimum atomic E-state index is 0.476. The monoisotopic (exact) mass is 312 g/mol. The maximum absolute atomic E-state index is 3.56. The van der Waals surface area contributed by atoms with Crippen LogP contribution in [0.4, 0.5) is 0 Å². The van der Waals surface area contributed by atoms with Gasteiger partial charge in [0.15, 0.2) is 0 Å². The van der Waals surface area contributed by atoms with Crippen LogP contribution in [-0.4, -0.2) is 0 Å². The van der Waals surface area contributed by atoms with Gasteiger partial charge in [0.05, 0.1) is 0 Å². The number of halogens is 1. The van der Waals surface area contributed by atoms with E-state index in [9.17, 15) is 0 Å². The molecule has 0 fully saturated rings. The van der Waals surface area contributed by atoms with E-state index in [0.717, 1.165) is 4.47 Å². The van der Waals surface area contributed by atoms with Gasteiger partial charge < -0.3 is 0 Å². The van der Waals surface area contributed by atoms with Crippen molar-refractivity contribution in [2.75, 3.05) is 0 Å². The Morgan fingerprint density at radius 2 is 1.84 bits per heavy atom. The van der Waals surface area contributed by atoms with Gasteiger partial charge in [0.25, 0.3) is 0 Å². The van der Waals surface area contributed by atoms with E-state index in [0.29, 0.717) is 5.92 Å². The maximum atomic E-state index is 3.56. The standard InChI is InChI=1S/C18H17Br/c1-11-5-4-6-17(12(11)2)18-10-14-9-15(19)7-8-16(14)13(18)3/h4-10,13H,1-3H3. The first kappa shape index (κ1) is 12.7. The van der Waals surface area contributed by atoms with Crippen molar-refractivity contribution in [1.29, 1.82) is 0 Å². The molecule has 0 aromatic heterocycles. The van der Waals surface area contributed by atoms with Crippen molar-refractivity contribution in [2.45, 2.75) is 26.7 Å². The van der Waals surface area contributed by atoms with Gasteiger partial charge in [-0.25, -0.2) is 0 Å². The molecule has 1 unspecified atom stereocenters. The normalized spacial score (nSPS) is 17.3. The molecule has 1 atom stereocenters. The molecule has 96 valence electrons. The number of rotatable bonds is 1. The zero-order chi connectivity index (χ0) is 13.6. The summed E-state index contributed by atoms with van der Waals surface area (Å²) in [7, 11) is 0. The summed E-state index contributed by atoms with van der Waals surface area (Å²) in [4.78, 5) is 0. The molecule has 0 bridgehead atoms. The lowest BCUT2D eigenvalue weighted by molar-refractivity contribution is 1.00. The van der Waals surface area contributed by atoms with Crippen LogP contribution in [0.1, 0.15) is 40.7 Å². The minimum Gasteiger partial charge on any atom is -0.0614 e. The first-order chi connectivity index (χ1) is 9.08. The van der Waals surface area contributed by atoms with E-state index in [1.807, 2.05) is 0 Å². The van der Waals surface area contributed by atoms with E-state index in [2.05, 4.69) is 79.2 Å². The molecule has 0 radical (unpaired) electrons. The van der Waals surface area contributed by atoms with Gasteiger partial charge in [0, 0.05) is 10.4 Å². The zero-order valence-corrected chi connectivity index (χ0v) is 13.1. The third-order valence-corrected chi connectivity index (χ3v) is 4.70. The van der Waals surface area contributed by atoms with Crippen LogP contribution < -0.4 is 0 Å². The Bertz CT molecular complexity index is 680. The Hall–Kier alpha value is -1.34. The van der Waals surface area contributed by atoms with Gasteiger partial charge in [0.2, 0.25) is 0 Å². The van der Waals surface area contributed by atoms with Crippen LogP contribution in [0.3, 0.4) is 0 Å². The highest BCUT2D eigenvalue weighted by Crippen LogP contribution is 2.43. The average molecular weight is 313 g/mol. The fraction of sp³-hybridized carbons (Fsp3) is 0.222. The third-order valence-electron chi connectivity index (χ3n) is 4.21. The Labute approximate surface area is 123 Å². The fourth-order valence-corrected chi connectivity index (χ4v) is 3.28. The lowest BCUT2D eigenvalue weighted by atomic mass is 9.89. The van der Waals surface area contributed by atoms with Crippen LogP contribution in [0.25, 0.3) is 11.6 Å². The Morgan fingerprint density at radius 1 is 1.05 bits per heavy atom. The second-order valence-electron chi connectivity index (χ2n) is 5.34.